The van der Waals surface area contributed by atoms with Gasteiger partial charge in [-0.25, -0.2) is 8.42 Å². The van der Waals surface area contributed by atoms with E-state index in [4.69, 9.17) is 10.5 Å². The van der Waals surface area contributed by atoms with Gasteiger partial charge in [-0.05, 0) is 24.3 Å². The second-order valence-corrected chi connectivity index (χ2v) is 8.51. The van der Waals surface area contributed by atoms with Crippen LogP contribution >= 0.6 is 27.3 Å². The number of nitrogens with two attached hydrogens (primary N) is 1. The van der Waals surface area contributed by atoms with E-state index < -0.39 is 10.0 Å². The van der Waals surface area contributed by atoms with Gasteiger partial charge in [-0.15, -0.1) is 11.3 Å². The molecular formula is C13H15BrN2O3S2. The maximum absolute atomic E-state index is 12.5. The van der Waals surface area contributed by atoms with Crippen molar-refractivity contribution in [1.29, 1.82) is 0 Å². The molecule has 0 saturated heterocycles. The molecule has 2 N–H and O–H groups in total. The number of methoxy groups -OCH3 is 1. The van der Waals surface area contributed by atoms with Crippen molar-refractivity contribution >= 4 is 43.0 Å². The van der Waals surface area contributed by atoms with Crippen molar-refractivity contribution in [3.05, 3.63) is 39.7 Å². The quantitative estimate of drug-likeness (QED) is 0.851. The molecule has 0 aliphatic heterocycles. The molecule has 0 aliphatic rings. The lowest BCUT2D eigenvalue weighted by molar-refractivity contribution is 0.398. The Labute approximate surface area is 136 Å². The number of benzene rings is 1. The van der Waals surface area contributed by atoms with E-state index in [0.717, 1.165) is 21.4 Å². The minimum Gasteiger partial charge on any atom is -0.496 e. The lowest BCUT2D eigenvalue weighted by atomic mass is 10.2. The molecule has 2 aromatic rings. The molecule has 0 saturated carbocycles. The number of rotatable bonds is 5. The Balaban J connectivity index is 2.29. The number of hydrogen-bond acceptors (Lipinski definition) is 5. The van der Waals surface area contributed by atoms with E-state index in [-0.39, 0.29) is 10.8 Å². The molecule has 1 aromatic carbocycles. The first kappa shape index (κ1) is 16.3. The zero-order valence-corrected chi connectivity index (χ0v) is 14.8. The van der Waals surface area contributed by atoms with Gasteiger partial charge in [0.15, 0.2) is 0 Å². The first-order chi connectivity index (χ1) is 9.84. The summed E-state index contributed by atoms with van der Waals surface area (Å²) in [6.07, 6.45) is 0. The van der Waals surface area contributed by atoms with E-state index in [9.17, 15) is 8.42 Å². The summed E-state index contributed by atoms with van der Waals surface area (Å²) in [4.78, 5) is 0. The van der Waals surface area contributed by atoms with E-state index in [0.29, 0.717) is 11.4 Å². The molecule has 21 heavy (non-hydrogen) atoms. The summed E-state index contributed by atoms with van der Waals surface area (Å²) in [5, 5.41) is 1.61. The van der Waals surface area contributed by atoms with E-state index in [2.05, 4.69) is 15.9 Å². The third-order valence-corrected chi connectivity index (χ3v) is 6.63. The van der Waals surface area contributed by atoms with Gasteiger partial charge >= 0.3 is 0 Å². The number of hydrogen-bond donors (Lipinski definition) is 1. The standard InChI is InChI=1S/C13H15BrN2O3S2/c1-16(21(17,18)13-6-11(15)8-20-13)7-9-5-10(14)3-4-12(9)19-2/h3-6,8H,7,15H2,1-2H3. The molecule has 0 fully saturated rings. The molecular weight excluding hydrogens is 376 g/mol. The Bertz CT molecular complexity index is 744. The summed E-state index contributed by atoms with van der Waals surface area (Å²) >= 11 is 4.49. The molecule has 0 radical (unpaired) electrons. The van der Waals surface area contributed by atoms with E-state index >= 15 is 0 Å². The molecule has 0 aliphatic carbocycles. The number of thiophene rings is 1. The molecule has 5 nitrogen and oxygen atoms in total. The van der Waals surface area contributed by atoms with Gasteiger partial charge in [-0.1, -0.05) is 15.9 Å². The normalized spacial score (nSPS) is 11.8. The monoisotopic (exact) mass is 390 g/mol. The van der Waals surface area contributed by atoms with Crippen LogP contribution in [0.25, 0.3) is 0 Å². The average molecular weight is 391 g/mol. The summed E-state index contributed by atoms with van der Waals surface area (Å²) in [6, 6.07) is 6.95. The molecule has 0 bridgehead atoms. The fraction of sp³-hybridized carbons (Fsp3) is 0.231. The summed E-state index contributed by atoms with van der Waals surface area (Å²) in [5.74, 6) is 0.644. The Morgan fingerprint density at radius 1 is 1.38 bits per heavy atom. The van der Waals surface area contributed by atoms with E-state index in [1.54, 1.807) is 18.6 Å². The molecule has 8 heteroatoms. The Morgan fingerprint density at radius 3 is 2.67 bits per heavy atom. The molecule has 2 rings (SSSR count). The first-order valence-corrected chi connectivity index (χ1v) is 9.08. The lowest BCUT2D eigenvalue weighted by Gasteiger charge is -2.18. The van der Waals surface area contributed by atoms with Gasteiger partial charge in [0.1, 0.15) is 9.96 Å². The van der Waals surface area contributed by atoms with Gasteiger partial charge < -0.3 is 10.5 Å². The first-order valence-electron chi connectivity index (χ1n) is 5.97. The second-order valence-electron chi connectivity index (χ2n) is 4.42. The van der Waals surface area contributed by atoms with Crippen LogP contribution in [-0.4, -0.2) is 26.9 Å². The highest BCUT2D eigenvalue weighted by molar-refractivity contribution is 9.10. The third-order valence-electron chi connectivity index (χ3n) is 2.90. The maximum atomic E-state index is 12.5. The van der Waals surface area contributed by atoms with Crippen LogP contribution in [0.15, 0.2) is 38.3 Å². The van der Waals surface area contributed by atoms with Gasteiger partial charge in [0.05, 0.1) is 7.11 Å². The van der Waals surface area contributed by atoms with Crippen LogP contribution in [0.2, 0.25) is 0 Å². The molecule has 114 valence electrons. The van der Waals surface area contributed by atoms with Crippen molar-refractivity contribution in [3.63, 3.8) is 0 Å². The highest BCUT2D eigenvalue weighted by atomic mass is 79.9. The smallest absolute Gasteiger partial charge is 0.252 e. The van der Waals surface area contributed by atoms with E-state index in [1.807, 2.05) is 12.1 Å². The van der Waals surface area contributed by atoms with Gasteiger partial charge in [0, 0.05) is 34.7 Å². The number of ether oxygens (including phenoxy) is 1. The molecule has 0 unspecified atom stereocenters. The highest BCUT2D eigenvalue weighted by Crippen LogP contribution is 2.28. The number of nitrogen functional groups attached to an aromatic ring is 1. The number of halogens is 1. The minimum atomic E-state index is -3.55. The molecule has 1 aromatic heterocycles. The fourth-order valence-electron chi connectivity index (χ4n) is 1.81. The predicted octanol–water partition coefficient (Wildman–Crippen LogP) is 2.92. The van der Waals surface area contributed by atoms with Crippen LogP contribution in [0.1, 0.15) is 5.56 Å². The van der Waals surface area contributed by atoms with Crippen molar-refractivity contribution in [2.75, 3.05) is 19.9 Å². The third kappa shape index (κ3) is 3.57. The molecule has 1 heterocycles. The van der Waals surface area contributed by atoms with Crippen molar-refractivity contribution < 1.29 is 13.2 Å². The van der Waals surface area contributed by atoms with Crippen LogP contribution in [0.3, 0.4) is 0 Å². The Hall–Kier alpha value is -1.09. The van der Waals surface area contributed by atoms with Crippen molar-refractivity contribution in [2.24, 2.45) is 0 Å². The van der Waals surface area contributed by atoms with Crippen LogP contribution in [0, 0.1) is 0 Å². The zero-order chi connectivity index (χ0) is 15.6. The second kappa shape index (κ2) is 6.35. The van der Waals surface area contributed by atoms with Crippen molar-refractivity contribution in [3.8, 4) is 5.75 Å². The van der Waals surface area contributed by atoms with Gasteiger partial charge in [0.25, 0.3) is 10.0 Å². The summed E-state index contributed by atoms with van der Waals surface area (Å²) < 4.78 is 32.6. The fourth-order valence-corrected chi connectivity index (χ4v) is 4.66. The van der Waals surface area contributed by atoms with Crippen molar-refractivity contribution in [1.82, 2.24) is 4.31 Å². The number of anilines is 1. The van der Waals surface area contributed by atoms with Crippen LogP contribution in [0.4, 0.5) is 5.69 Å². The van der Waals surface area contributed by atoms with Crippen LogP contribution in [-0.2, 0) is 16.6 Å². The van der Waals surface area contributed by atoms with Gasteiger partial charge in [-0.3, -0.25) is 0 Å². The van der Waals surface area contributed by atoms with Crippen LogP contribution < -0.4 is 10.5 Å². The average Bonchev–Trinajstić information content (AvgIpc) is 2.86. The Kier molecular flexibility index (Phi) is 4.92. The maximum Gasteiger partial charge on any atom is 0.252 e. The molecule has 0 amide bonds. The predicted molar refractivity (Wildman–Crippen MR) is 88.1 cm³/mol. The topological polar surface area (TPSA) is 72.6 Å². The number of sulfonamides is 1. The largest absolute Gasteiger partial charge is 0.496 e. The summed E-state index contributed by atoms with van der Waals surface area (Å²) in [6.45, 7) is 0.211. The SMILES string of the molecule is COc1ccc(Br)cc1CN(C)S(=O)(=O)c1cc(N)cs1. The van der Waals surface area contributed by atoms with Gasteiger partial charge in [0.2, 0.25) is 0 Å². The van der Waals surface area contributed by atoms with E-state index in [1.165, 1.54) is 17.4 Å². The minimum absolute atomic E-state index is 0.211. The molecule has 0 spiro atoms. The Morgan fingerprint density at radius 2 is 2.10 bits per heavy atom. The lowest BCUT2D eigenvalue weighted by Crippen LogP contribution is -2.26. The van der Waals surface area contributed by atoms with Gasteiger partial charge in [-0.2, -0.15) is 4.31 Å². The summed E-state index contributed by atoms with van der Waals surface area (Å²) in [5.41, 5.74) is 6.83. The van der Waals surface area contributed by atoms with Crippen molar-refractivity contribution in [2.45, 2.75) is 10.8 Å². The summed E-state index contributed by atoms with van der Waals surface area (Å²) in [7, 11) is -0.463. The highest BCUT2D eigenvalue weighted by Gasteiger charge is 2.23. The zero-order valence-electron chi connectivity index (χ0n) is 11.5. The number of nitrogens with zero attached hydrogens (tertiary/aromatic N) is 1. The molecule has 0 atom stereocenters. The van der Waals surface area contributed by atoms with Crippen LogP contribution in [0.5, 0.6) is 5.75 Å².